The lowest BCUT2D eigenvalue weighted by Gasteiger charge is -2.21. The number of hydrogen-bond acceptors (Lipinski definition) is 25. The maximum Gasteiger partial charge on any atom is 0.296 e. The summed E-state index contributed by atoms with van der Waals surface area (Å²) in [5, 5.41) is 59.6. The molecule has 0 heterocycles. The first-order valence-corrected chi connectivity index (χ1v) is 25.8. The van der Waals surface area contributed by atoms with E-state index < -0.39 is 57.8 Å². The van der Waals surface area contributed by atoms with Crippen molar-refractivity contribution in [2.24, 2.45) is 30.7 Å². The first-order chi connectivity index (χ1) is 33.4. The summed E-state index contributed by atoms with van der Waals surface area (Å²) < 4.78 is 103. The topological polar surface area (TPSA) is 371 Å². The molecule has 0 spiro atoms. The van der Waals surface area contributed by atoms with Crippen molar-refractivity contribution in [3.63, 3.8) is 0 Å². The summed E-state index contributed by atoms with van der Waals surface area (Å²) in [5.74, 6) is -1.19. The van der Waals surface area contributed by atoms with Crippen molar-refractivity contribution in [1.82, 2.24) is 0 Å². The Kier molecular flexibility index (Phi) is 17.8. The van der Waals surface area contributed by atoms with Crippen LogP contribution in [0.3, 0.4) is 0 Å². The van der Waals surface area contributed by atoms with Gasteiger partial charge in [0.05, 0.1) is 72.9 Å². The van der Waals surface area contributed by atoms with Gasteiger partial charge in [-0.25, -0.2) is 27.4 Å². The number of sulfone groups is 1. The van der Waals surface area contributed by atoms with Gasteiger partial charge in [-0.15, -0.1) is 24.0 Å². The smallest absolute Gasteiger partial charge is 0.296 e. The number of phenols is 1. The minimum absolute atomic E-state index is 0.0123. The number of phenolic OH excluding ortho intramolecular Hbond substituents is 1. The van der Waals surface area contributed by atoms with Crippen LogP contribution in [-0.4, -0.2) is 70.9 Å². The van der Waals surface area contributed by atoms with Crippen molar-refractivity contribution in [2.45, 2.75) is 33.4 Å². The molecule has 25 nitrogen and oxygen atoms in total. The summed E-state index contributed by atoms with van der Waals surface area (Å²) in [5.41, 5.74) is 13.7. The van der Waals surface area contributed by atoms with E-state index in [1.165, 1.54) is 66.7 Å². The normalized spacial score (nSPS) is 12.5. The highest BCUT2D eigenvalue weighted by atomic mass is 32.2. The molecular formula is C40H40N10O15S5. The van der Waals surface area contributed by atoms with Gasteiger partial charge in [0.25, 0.3) is 20.1 Å². The van der Waals surface area contributed by atoms with Crippen LogP contribution >= 0.6 is 24.4 Å². The number of hydrogen-bond donors (Lipinski definition) is 7. The van der Waals surface area contributed by atoms with E-state index >= 15 is 0 Å². The van der Waals surface area contributed by atoms with E-state index in [0.29, 0.717) is 29.1 Å². The summed E-state index contributed by atoms with van der Waals surface area (Å²) in [6.45, 7) is 5.39. The predicted molar refractivity (Wildman–Crippen MR) is 258 cm³/mol. The van der Waals surface area contributed by atoms with Crippen LogP contribution in [0.2, 0.25) is 0 Å². The highest BCUT2D eigenvalue weighted by Gasteiger charge is 2.26. The van der Waals surface area contributed by atoms with Crippen LogP contribution in [0.25, 0.3) is 10.8 Å². The van der Waals surface area contributed by atoms with Gasteiger partial charge >= 0.3 is 0 Å². The lowest BCUT2D eigenvalue weighted by molar-refractivity contribution is -0.434. The van der Waals surface area contributed by atoms with Crippen LogP contribution in [-0.2, 0) is 52.9 Å². The molecule has 0 unspecified atom stereocenters. The van der Waals surface area contributed by atoms with E-state index in [4.69, 9.17) is 26.2 Å². The van der Waals surface area contributed by atoms with Crippen molar-refractivity contribution in [1.29, 1.82) is 0 Å². The van der Waals surface area contributed by atoms with Gasteiger partial charge in [-0.05, 0) is 122 Å². The fourth-order valence-electron chi connectivity index (χ4n) is 6.32. The number of azo groups is 3. The van der Waals surface area contributed by atoms with E-state index in [1.807, 2.05) is 26.0 Å². The van der Waals surface area contributed by atoms with Crippen LogP contribution in [0.1, 0.15) is 13.8 Å². The fraction of sp³-hybridized carbons (Fsp3) is 0.150. The largest absolute Gasteiger partial charge is 0.505 e. The van der Waals surface area contributed by atoms with Gasteiger partial charge in [0.1, 0.15) is 22.0 Å². The first kappa shape index (κ1) is 53.0. The number of benzene rings is 6. The summed E-state index contributed by atoms with van der Waals surface area (Å²) in [7, 11) is -13.1. The van der Waals surface area contributed by atoms with Gasteiger partial charge in [0.15, 0.2) is 27.9 Å². The molecule has 6 rings (SSSR count). The number of fused-ring (bicyclic) bond motifs is 1. The number of nitrogen functional groups attached to an aromatic ring is 2. The standard InChI is InChI=1S/C40H40N10O15S5/c1-3-50(4-2)29-13-18-33(32(41)23-29)46-43-25-5-7-28(8-6-25)49-69(56,57)31-16-11-27(12-17-31)45-48-39-35(70(58,59)60)22-24-21-34(66-64-62-52)38(40(51)36(24)37(39)42)47-44-26-9-14-30(15-10-26)68(54,55)20-19-61-67-65-63-53/h5-18,21-23,49,51-53H,3-4,19-20,41-42H2,1-2H3,(H,58,59,60). The molecule has 0 aromatic heterocycles. The molecule has 0 radical (unpaired) electrons. The number of sulfonamides is 1. The quantitative estimate of drug-likeness (QED) is 0.00596. The Hall–Kier alpha value is -6.39. The highest BCUT2D eigenvalue weighted by molar-refractivity contribution is 7.94. The third-order valence-corrected chi connectivity index (χ3v) is 14.7. The molecule has 0 atom stereocenters. The number of rotatable bonds is 23. The van der Waals surface area contributed by atoms with E-state index in [1.54, 1.807) is 18.2 Å². The average molecular weight is 1060 g/mol. The lowest BCUT2D eigenvalue weighted by Crippen LogP contribution is -2.21. The van der Waals surface area contributed by atoms with E-state index in [-0.39, 0.29) is 67.1 Å². The van der Waals surface area contributed by atoms with Crippen molar-refractivity contribution < 1.29 is 68.4 Å². The van der Waals surface area contributed by atoms with Gasteiger partial charge in [0, 0.05) is 24.5 Å². The second kappa shape index (κ2) is 23.5. The molecule has 0 amide bonds. The second-order valence-corrected chi connectivity index (χ2v) is 20.4. The predicted octanol–water partition coefficient (Wildman–Crippen LogP) is 10.1. The first-order valence-electron chi connectivity index (χ1n) is 19.8. The van der Waals surface area contributed by atoms with Crippen molar-refractivity contribution >= 4 is 122 Å². The third-order valence-electron chi connectivity index (χ3n) is 9.69. The molecule has 0 saturated heterocycles. The summed E-state index contributed by atoms with van der Waals surface area (Å²) in [4.78, 5) is 0.874. The number of anilines is 4. The number of aromatic hydroxyl groups is 1. The van der Waals surface area contributed by atoms with Crippen molar-refractivity contribution in [3.05, 3.63) is 103 Å². The van der Waals surface area contributed by atoms with E-state index in [0.717, 1.165) is 24.8 Å². The summed E-state index contributed by atoms with van der Waals surface area (Å²) >= 11 is 0.518. The third kappa shape index (κ3) is 13.3. The molecule has 370 valence electrons. The zero-order valence-electron chi connectivity index (χ0n) is 36.2. The number of nitrogens with zero attached hydrogens (tertiary/aromatic N) is 7. The minimum atomic E-state index is -5.09. The highest BCUT2D eigenvalue weighted by Crippen LogP contribution is 2.49. The van der Waals surface area contributed by atoms with Gasteiger partial charge < -0.3 is 21.5 Å². The van der Waals surface area contributed by atoms with Gasteiger partial charge in [0.2, 0.25) is 0 Å². The zero-order valence-corrected chi connectivity index (χ0v) is 40.3. The van der Waals surface area contributed by atoms with E-state index in [2.05, 4.69) is 59.1 Å². The molecule has 6 aromatic carbocycles. The average Bonchev–Trinajstić information content (AvgIpc) is 3.33. The fourth-order valence-corrected chi connectivity index (χ4v) is 9.95. The Morgan fingerprint density at radius 2 is 1.26 bits per heavy atom. The molecule has 6 aromatic rings. The monoisotopic (exact) mass is 1060 g/mol. The van der Waals surface area contributed by atoms with Crippen LogP contribution < -0.4 is 21.1 Å². The lowest BCUT2D eigenvalue weighted by atomic mass is 10.1. The molecule has 0 aliphatic rings. The Labute approximate surface area is 407 Å². The Morgan fingerprint density at radius 1 is 0.686 bits per heavy atom. The van der Waals surface area contributed by atoms with Crippen molar-refractivity contribution in [2.75, 3.05) is 46.5 Å². The van der Waals surface area contributed by atoms with Gasteiger partial charge in [-0.3, -0.25) is 13.5 Å². The molecule has 0 aliphatic heterocycles. The Morgan fingerprint density at radius 3 is 1.83 bits per heavy atom. The zero-order chi connectivity index (χ0) is 50.6. The summed E-state index contributed by atoms with van der Waals surface area (Å²) in [6.07, 6.45) is 0. The maximum absolute atomic E-state index is 13.3. The van der Waals surface area contributed by atoms with Gasteiger partial charge in [-0.2, -0.15) is 23.8 Å². The molecule has 70 heavy (non-hydrogen) atoms. The van der Waals surface area contributed by atoms with Crippen LogP contribution in [0.15, 0.2) is 153 Å². The Balaban J connectivity index is 1.22. The number of nitrogens with two attached hydrogens (primary N) is 2. The van der Waals surface area contributed by atoms with E-state index in [9.17, 15) is 34.9 Å². The maximum atomic E-state index is 13.3. The molecule has 9 N–H and O–H groups in total. The van der Waals surface area contributed by atoms with Crippen LogP contribution in [0, 0.1) is 0 Å². The minimum Gasteiger partial charge on any atom is -0.505 e. The molecule has 0 saturated carbocycles. The SMILES string of the molecule is CCN(CC)c1ccc(N=Nc2ccc(NS(=O)(=O)c3ccc(N=Nc4c(S(=O)(=O)O)cc5cc(SOOO)c(N=Nc6ccc(S(=O)(=O)CCOSOOO)cc6)c(O)c5c4N)cc3)cc2)c(N)c1. The molecule has 30 heteroatoms. The van der Waals surface area contributed by atoms with Crippen LogP contribution in [0.4, 0.5) is 56.9 Å². The molecule has 0 bridgehead atoms. The Bertz CT molecular complexity index is 3260. The molecule has 0 fully saturated rings. The molecular weight excluding hydrogens is 1020 g/mol. The molecule has 0 aliphatic carbocycles. The van der Waals surface area contributed by atoms with Crippen LogP contribution in [0.5, 0.6) is 5.75 Å². The van der Waals surface area contributed by atoms with Gasteiger partial charge in [-0.1, -0.05) is 10.1 Å². The second-order valence-electron chi connectivity index (χ2n) is 14.0. The summed E-state index contributed by atoms with van der Waals surface area (Å²) in [6, 6.07) is 23.7. The van der Waals surface area contributed by atoms with Crippen molar-refractivity contribution in [3.8, 4) is 5.75 Å². The number of nitrogens with one attached hydrogen (secondary N) is 1.